The van der Waals surface area contributed by atoms with Crippen LogP contribution in [0.3, 0.4) is 0 Å². The van der Waals surface area contributed by atoms with E-state index in [-0.39, 0.29) is 38.6 Å². The summed E-state index contributed by atoms with van der Waals surface area (Å²) < 4.78 is 32.6. The molecule has 0 aromatic rings. The first-order valence-electron chi connectivity index (χ1n) is 25.0. The molecule has 9 nitrogen and oxygen atoms in total. The maximum Gasteiger partial charge on any atom is 0.472 e. The highest BCUT2D eigenvalue weighted by molar-refractivity contribution is 7.47. The van der Waals surface area contributed by atoms with E-state index < -0.39 is 26.5 Å². The first-order chi connectivity index (χ1) is 28.3. The number of ether oxygens (including phenoxy) is 2. The molecule has 0 rings (SSSR count). The first-order valence-corrected chi connectivity index (χ1v) is 26.5. The summed E-state index contributed by atoms with van der Waals surface area (Å²) in [5.74, 6) is -0.823. The number of phosphoric acid groups is 1. The van der Waals surface area contributed by atoms with Crippen LogP contribution in [0, 0.1) is 0 Å². The summed E-state index contributed by atoms with van der Waals surface area (Å²) >= 11 is 0. The summed E-state index contributed by atoms with van der Waals surface area (Å²) in [6.45, 7) is 3.71. The second-order valence-electron chi connectivity index (χ2n) is 17.1. The minimum atomic E-state index is -4.36. The summed E-state index contributed by atoms with van der Waals surface area (Å²) in [5, 5.41) is 0. The molecule has 0 heterocycles. The van der Waals surface area contributed by atoms with Crippen molar-refractivity contribution in [3.8, 4) is 0 Å². The second-order valence-corrected chi connectivity index (χ2v) is 18.5. The third kappa shape index (κ3) is 44.6. The van der Waals surface area contributed by atoms with E-state index >= 15 is 0 Å². The van der Waals surface area contributed by atoms with Gasteiger partial charge in [0.15, 0.2) is 6.10 Å². The predicted molar refractivity (Wildman–Crippen MR) is 243 cm³/mol. The number of hydrogen-bond acceptors (Lipinski definition) is 8. The number of esters is 2. The Kier molecular flexibility index (Phi) is 44.8. The van der Waals surface area contributed by atoms with Crippen molar-refractivity contribution >= 4 is 19.8 Å². The molecule has 0 bridgehead atoms. The number of unbranched alkanes of at least 4 members (excludes halogenated alkanes) is 35. The molecule has 0 spiro atoms. The molecule has 58 heavy (non-hydrogen) atoms. The van der Waals surface area contributed by atoms with Gasteiger partial charge in [-0.25, -0.2) is 4.57 Å². The van der Waals surface area contributed by atoms with Gasteiger partial charge in [-0.1, -0.05) is 239 Å². The van der Waals surface area contributed by atoms with Crippen LogP contribution in [-0.4, -0.2) is 49.3 Å². The monoisotopic (exact) mass is 846 g/mol. The van der Waals surface area contributed by atoms with Gasteiger partial charge in [0.2, 0.25) is 0 Å². The van der Waals surface area contributed by atoms with Crippen LogP contribution in [0.4, 0.5) is 0 Å². The quantitative estimate of drug-likeness (QED) is 0.0349. The van der Waals surface area contributed by atoms with Gasteiger partial charge in [0, 0.05) is 19.4 Å². The van der Waals surface area contributed by atoms with E-state index in [4.69, 9.17) is 24.3 Å². The van der Waals surface area contributed by atoms with E-state index in [0.717, 1.165) is 38.5 Å². The highest BCUT2D eigenvalue weighted by atomic mass is 31.2. The van der Waals surface area contributed by atoms with Crippen molar-refractivity contribution in [3.63, 3.8) is 0 Å². The van der Waals surface area contributed by atoms with E-state index in [1.165, 1.54) is 193 Å². The fourth-order valence-electron chi connectivity index (χ4n) is 7.52. The molecule has 10 heteroatoms. The fraction of sp³-hybridized carbons (Fsp3) is 0.958. The number of nitrogens with two attached hydrogens (primary N) is 1. The molecule has 0 aromatic heterocycles. The zero-order valence-electron chi connectivity index (χ0n) is 38.3. The summed E-state index contributed by atoms with van der Waals surface area (Å²) in [6, 6.07) is 0. The van der Waals surface area contributed by atoms with E-state index in [9.17, 15) is 19.0 Å². The Morgan fingerprint density at radius 2 is 0.741 bits per heavy atom. The van der Waals surface area contributed by atoms with Crippen molar-refractivity contribution in [1.82, 2.24) is 0 Å². The normalized spacial score (nSPS) is 13.1. The molecule has 0 aliphatic heterocycles. The Labute approximate surface area is 358 Å². The van der Waals surface area contributed by atoms with Gasteiger partial charge in [-0.05, 0) is 12.8 Å². The average Bonchev–Trinajstić information content (AvgIpc) is 3.21. The topological polar surface area (TPSA) is 134 Å². The molecule has 2 unspecified atom stereocenters. The third-order valence-electron chi connectivity index (χ3n) is 11.2. The Balaban J connectivity index is 3.70. The van der Waals surface area contributed by atoms with Crippen LogP contribution in [0.15, 0.2) is 0 Å². The molecular weight excluding hydrogens is 750 g/mol. The largest absolute Gasteiger partial charge is 0.472 e. The lowest BCUT2D eigenvalue weighted by Crippen LogP contribution is -2.29. The lowest BCUT2D eigenvalue weighted by atomic mass is 10.0. The molecule has 0 aliphatic carbocycles. The third-order valence-corrected chi connectivity index (χ3v) is 12.2. The Morgan fingerprint density at radius 3 is 1.05 bits per heavy atom. The minimum absolute atomic E-state index is 0.0576. The predicted octanol–water partition coefficient (Wildman–Crippen LogP) is 14.8. The van der Waals surface area contributed by atoms with Gasteiger partial charge >= 0.3 is 19.8 Å². The van der Waals surface area contributed by atoms with Crippen LogP contribution in [0.1, 0.15) is 264 Å². The van der Waals surface area contributed by atoms with Gasteiger partial charge in [0.25, 0.3) is 0 Å². The number of hydrogen-bond donors (Lipinski definition) is 2. The minimum Gasteiger partial charge on any atom is -0.462 e. The molecule has 0 aliphatic rings. The van der Waals surface area contributed by atoms with Crippen molar-refractivity contribution in [2.24, 2.45) is 5.73 Å². The van der Waals surface area contributed by atoms with Crippen LogP contribution in [-0.2, 0) is 32.7 Å². The van der Waals surface area contributed by atoms with Crippen molar-refractivity contribution < 1.29 is 37.6 Å². The van der Waals surface area contributed by atoms with E-state index in [1.54, 1.807) is 0 Å². The molecule has 0 saturated heterocycles. The maximum absolute atomic E-state index is 12.6. The van der Waals surface area contributed by atoms with Crippen molar-refractivity contribution in [2.45, 2.75) is 270 Å². The summed E-state index contributed by atoms with van der Waals surface area (Å²) in [4.78, 5) is 34.6. The van der Waals surface area contributed by atoms with Gasteiger partial charge in [0.1, 0.15) is 6.61 Å². The molecule has 346 valence electrons. The Morgan fingerprint density at radius 1 is 0.448 bits per heavy atom. The zero-order valence-corrected chi connectivity index (χ0v) is 39.2. The maximum atomic E-state index is 12.6. The van der Waals surface area contributed by atoms with Crippen LogP contribution in [0.2, 0.25) is 0 Å². The van der Waals surface area contributed by atoms with Crippen molar-refractivity contribution in [2.75, 3.05) is 26.4 Å². The molecular formula is C48H96NO8P. The number of rotatable bonds is 48. The van der Waals surface area contributed by atoms with Crippen LogP contribution in [0.25, 0.3) is 0 Å². The summed E-state index contributed by atoms with van der Waals surface area (Å²) in [7, 11) is -4.36. The molecule has 0 aromatic carbocycles. The smallest absolute Gasteiger partial charge is 0.462 e. The van der Waals surface area contributed by atoms with Gasteiger partial charge in [-0.3, -0.25) is 18.6 Å². The van der Waals surface area contributed by atoms with Gasteiger partial charge in [0.05, 0.1) is 13.2 Å². The SMILES string of the molecule is CCCCCCCCCCCCCCCCCCCCCCCCCCCCCCCCCC(=O)OC(COC(=O)CCCCCCCC)COP(=O)(O)OCCN. The molecule has 0 amide bonds. The van der Waals surface area contributed by atoms with Gasteiger partial charge in [-0.2, -0.15) is 0 Å². The highest BCUT2D eigenvalue weighted by Gasteiger charge is 2.26. The molecule has 0 fully saturated rings. The average molecular weight is 846 g/mol. The van der Waals surface area contributed by atoms with Crippen LogP contribution in [0.5, 0.6) is 0 Å². The second kappa shape index (κ2) is 45.5. The molecule has 3 N–H and O–H groups in total. The number of phosphoric ester groups is 1. The van der Waals surface area contributed by atoms with Gasteiger partial charge in [-0.15, -0.1) is 0 Å². The van der Waals surface area contributed by atoms with Crippen molar-refractivity contribution in [1.29, 1.82) is 0 Å². The standard InChI is InChI=1S/C48H96NO8P/c1-3-5-7-9-11-12-13-14-15-16-17-18-19-20-21-22-23-24-25-26-27-28-29-30-31-32-33-34-35-37-39-41-48(51)57-46(45-56-58(52,53)55-43-42-49)44-54-47(50)40-38-36-10-8-6-4-2/h46H,3-45,49H2,1-2H3,(H,52,53). The number of carbonyl (C=O) groups excluding carboxylic acids is 2. The highest BCUT2D eigenvalue weighted by Crippen LogP contribution is 2.43. The van der Waals surface area contributed by atoms with Gasteiger partial charge < -0.3 is 20.1 Å². The summed E-state index contributed by atoms with van der Waals surface area (Å²) in [6.07, 6.45) is 47.8. The van der Waals surface area contributed by atoms with Crippen LogP contribution >= 0.6 is 7.82 Å². The zero-order chi connectivity index (χ0) is 42.5. The fourth-order valence-corrected chi connectivity index (χ4v) is 8.29. The Hall–Kier alpha value is -0.990. The first kappa shape index (κ1) is 57.0. The molecule has 2 atom stereocenters. The Bertz CT molecular complexity index is 922. The van der Waals surface area contributed by atoms with E-state index in [1.807, 2.05) is 0 Å². The summed E-state index contributed by atoms with van der Waals surface area (Å²) in [5.41, 5.74) is 5.34. The van der Waals surface area contributed by atoms with E-state index in [2.05, 4.69) is 13.8 Å². The number of carbonyl (C=O) groups is 2. The molecule has 0 radical (unpaired) electrons. The van der Waals surface area contributed by atoms with Crippen LogP contribution < -0.4 is 5.73 Å². The van der Waals surface area contributed by atoms with E-state index in [0.29, 0.717) is 6.42 Å². The lowest BCUT2D eigenvalue weighted by molar-refractivity contribution is -0.161. The van der Waals surface area contributed by atoms with Crippen molar-refractivity contribution in [3.05, 3.63) is 0 Å². The molecule has 0 saturated carbocycles. The lowest BCUT2D eigenvalue weighted by Gasteiger charge is -2.19.